The fraction of sp³-hybridized carbons (Fsp3) is 0.500. The van der Waals surface area contributed by atoms with E-state index < -0.39 is 0 Å². The fourth-order valence-corrected chi connectivity index (χ4v) is 2.17. The largest absolute Gasteiger partial charge is 0.352 e. The molecule has 1 aliphatic rings. The first-order valence-electron chi connectivity index (χ1n) is 6.21. The molecule has 0 saturated carbocycles. The monoisotopic (exact) mass is 217 g/mol. The molecule has 86 valence electrons. The van der Waals surface area contributed by atoms with Gasteiger partial charge in [-0.1, -0.05) is 25.5 Å². The second-order valence-electron chi connectivity index (χ2n) is 4.45. The third-order valence-electron chi connectivity index (χ3n) is 3.15. The van der Waals surface area contributed by atoms with Crippen LogP contribution in [0.1, 0.15) is 47.7 Å². The average Bonchev–Trinajstić information content (AvgIpc) is 2.49. The second-order valence-corrected chi connectivity index (χ2v) is 4.45. The molecule has 0 saturated heterocycles. The van der Waals surface area contributed by atoms with Crippen molar-refractivity contribution in [1.82, 2.24) is 5.32 Å². The van der Waals surface area contributed by atoms with Crippen molar-refractivity contribution in [3.8, 4) is 0 Å². The van der Waals surface area contributed by atoms with E-state index >= 15 is 0 Å². The van der Waals surface area contributed by atoms with Crippen LogP contribution in [0, 0.1) is 0 Å². The number of rotatable bonds is 3. The molecule has 0 atom stereocenters. The molecule has 1 aliphatic heterocycles. The lowest BCUT2D eigenvalue weighted by Gasteiger charge is -2.07. The van der Waals surface area contributed by atoms with Crippen LogP contribution in [-0.4, -0.2) is 12.5 Å². The van der Waals surface area contributed by atoms with E-state index in [1.165, 1.54) is 24.0 Å². The summed E-state index contributed by atoms with van der Waals surface area (Å²) in [4.78, 5) is 11.8. The second kappa shape index (κ2) is 5.15. The lowest BCUT2D eigenvalue weighted by molar-refractivity contribution is 0.0956. The van der Waals surface area contributed by atoms with E-state index in [9.17, 15) is 4.79 Å². The summed E-state index contributed by atoms with van der Waals surface area (Å²) in [7, 11) is 0. The Morgan fingerprint density at radius 3 is 3.06 bits per heavy atom. The molecule has 16 heavy (non-hydrogen) atoms. The van der Waals surface area contributed by atoms with Crippen LogP contribution in [-0.2, 0) is 12.8 Å². The van der Waals surface area contributed by atoms with Gasteiger partial charge in [0.2, 0.25) is 0 Å². The fourth-order valence-electron chi connectivity index (χ4n) is 2.17. The van der Waals surface area contributed by atoms with Crippen molar-refractivity contribution in [3.05, 3.63) is 34.9 Å². The minimum absolute atomic E-state index is 0.103. The number of unbranched alkanes of at least 4 members (excludes halogenated alkanes) is 1. The highest BCUT2D eigenvalue weighted by molar-refractivity contribution is 5.96. The van der Waals surface area contributed by atoms with Crippen LogP contribution in [0.25, 0.3) is 0 Å². The van der Waals surface area contributed by atoms with Crippen LogP contribution in [0.3, 0.4) is 0 Å². The van der Waals surface area contributed by atoms with Crippen LogP contribution in [0.2, 0.25) is 0 Å². The molecular formula is C14H19NO. The topological polar surface area (TPSA) is 29.1 Å². The van der Waals surface area contributed by atoms with Crippen LogP contribution < -0.4 is 5.32 Å². The van der Waals surface area contributed by atoms with E-state index in [1.54, 1.807) is 0 Å². The molecule has 0 aromatic heterocycles. The number of benzene rings is 1. The van der Waals surface area contributed by atoms with Gasteiger partial charge in [-0.2, -0.15) is 0 Å². The van der Waals surface area contributed by atoms with Gasteiger partial charge in [-0.15, -0.1) is 0 Å². The maximum Gasteiger partial charge on any atom is 0.251 e. The minimum atomic E-state index is 0.103. The highest BCUT2D eigenvalue weighted by atomic mass is 16.1. The van der Waals surface area contributed by atoms with Crippen LogP contribution in [0.15, 0.2) is 18.2 Å². The Morgan fingerprint density at radius 2 is 2.25 bits per heavy atom. The molecule has 1 amide bonds. The molecule has 2 rings (SSSR count). The first kappa shape index (κ1) is 11.2. The number of carbonyl (C=O) groups is 1. The third kappa shape index (κ3) is 2.43. The molecule has 0 bridgehead atoms. The molecule has 0 fully saturated rings. The summed E-state index contributed by atoms with van der Waals surface area (Å²) in [5.74, 6) is 0.103. The lowest BCUT2D eigenvalue weighted by atomic mass is 9.98. The van der Waals surface area contributed by atoms with Crippen molar-refractivity contribution in [1.29, 1.82) is 0 Å². The highest BCUT2D eigenvalue weighted by Crippen LogP contribution is 2.17. The zero-order valence-electron chi connectivity index (χ0n) is 9.88. The zero-order valence-corrected chi connectivity index (χ0v) is 9.88. The van der Waals surface area contributed by atoms with E-state index in [0.29, 0.717) is 0 Å². The lowest BCUT2D eigenvalue weighted by Crippen LogP contribution is -2.22. The molecule has 1 heterocycles. The SMILES string of the molecule is CCCCc1ccc2c(c1)C(=O)NCCC2. The minimum Gasteiger partial charge on any atom is -0.352 e. The highest BCUT2D eigenvalue weighted by Gasteiger charge is 2.14. The predicted molar refractivity (Wildman–Crippen MR) is 65.7 cm³/mol. The number of amides is 1. The van der Waals surface area contributed by atoms with Gasteiger partial charge in [0.1, 0.15) is 0 Å². The summed E-state index contributed by atoms with van der Waals surface area (Å²) in [5.41, 5.74) is 3.39. The van der Waals surface area contributed by atoms with E-state index in [1.807, 2.05) is 0 Å². The van der Waals surface area contributed by atoms with Crippen molar-refractivity contribution in [2.75, 3.05) is 6.54 Å². The molecule has 1 N–H and O–H groups in total. The Balaban J connectivity index is 2.24. The summed E-state index contributed by atoms with van der Waals surface area (Å²) < 4.78 is 0. The maximum atomic E-state index is 11.8. The van der Waals surface area contributed by atoms with E-state index in [-0.39, 0.29) is 5.91 Å². The van der Waals surface area contributed by atoms with Crippen molar-refractivity contribution >= 4 is 5.91 Å². The molecule has 2 nitrogen and oxygen atoms in total. The Labute approximate surface area is 97.1 Å². The standard InChI is InChI=1S/C14H19NO/c1-2-3-5-11-7-8-12-6-4-9-15-14(16)13(12)10-11/h7-8,10H,2-6,9H2,1H3,(H,15,16). The summed E-state index contributed by atoms with van der Waals surface area (Å²) >= 11 is 0. The van der Waals surface area contributed by atoms with Crippen molar-refractivity contribution in [2.45, 2.75) is 39.0 Å². The molecule has 0 aliphatic carbocycles. The van der Waals surface area contributed by atoms with E-state index in [4.69, 9.17) is 0 Å². The average molecular weight is 217 g/mol. The third-order valence-corrected chi connectivity index (χ3v) is 3.15. The number of nitrogens with one attached hydrogen (secondary N) is 1. The normalized spacial score (nSPS) is 15.2. The van der Waals surface area contributed by atoms with E-state index in [2.05, 4.69) is 30.4 Å². The number of carbonyl (C=O) groups excluding carboxylic acids is 1. The van der Waals surface area contributed by atoms with Crippen molar-refractivity contribution in [2.24, 2.45) is 0 Å². The Bertz CT molecular complexity index is 384. The Hall–Kier alpha value is -1.31. The summed E-state index contributed by atoms with van der Waals surface area (Å²) in [6.07, 6.45) is 5.54. The van der Waals surface area contributed by atoms with Gasteiger partial charge < -0.3 is 5.32 Å². The smallest absolute Gasteiger partial charge is 0.251 e. The van der Waals surface area contributed by atoms with Crippen molar-refractivity contribution in [3.63, 3.8) is 0 Å². The van der Waals surface area contributed by atoms with Gasteiger partial charge in [0.15, 0.2) is 0 Å². The molecular weight excluding hydrogens is 198 g/mol. The van der Waals surface area contributed by atoms with Gasteiger partial charge in [-0.05, 0) is 42.9 Å². The molecule has 0 spiro atoms. The van der Waals surface area contributed by atoms with Crippen molar-refractivity contribution < 1.29 is 4.79 Å². The quantitative estimate of drug-likeness (QED) is 0.828. The van der Waals surface area contributed by atoms with Gasteiger partial charge in [0.25, 0.3) is 5.91 Å². The number of fused-ring (bicyclic) bond motifs is 1. The summed E-state index contributed by atoms with van der Waals surface area (Å²) in [6, 6.07) is 6.38. The van der Waals surface area contributed by atoms with Gasteiger partial charge in [-0.25, -0.2) is 0 Å². The Morgan fingerprint density at radius 1 is 1.38 bits per heavy atom. The molecule has 0 unspecified atom stereocenters. The molecule has 2 heteroatoms. The van der Waals surface area contributed by atoms with Crippen LogP contribution in [0.5, 0.6) is 0 Å². The zero-order chi connectivity index (χ0) is 11.4. The first-order valence-corrected chi connectivity index (χ1v) is 6.21. The number of aryl methyl sites for hydroxylation is 2. The van der Waals surface area contributed by atoms with Gasteiger partial charge >= 0.3 is 0 Å². The molecule has 0 radical (unpaired) electrons. The predicted octanol–water partition coefficient (Wildman–Crippen LogP) is 2.71. The first-order chi connectivity index (χ1) is 7.81. The number of hydrogen-bond donors (Lipinski definition) is 1. The van der Waals surface area contributed by atoms with Crippen LogP contribution in [0.4, 0.5) is 0 Å². The number of hydrogen-bond acceptors (Lipinski definition) is 1. The van der Waals surface area contributed by atoms with Gasteiger partial charge in [-0.3, -0.25) is 4.79 Å². The van der Waals surface area contributed by atoms with E-state index in [0.717, 1.165) is 31.4 Å². The van der Waals surface area contributed by atoms with Gasteiger partial charge in [0, 0.05) is 12.1 Å². The van der Waals surface area contributed by atoms with Crippen LogP contribution >= 0.6 is 0 Å². The molecule has 1 aromatic carbocycles. The molecule has 1 aromatic rings. The Kier molecular flexibility index (Phi) is 3.60. The maximum absolute atomic E-state index is 11.8. The summed E-state index contributed by atoms with van der Waals surface area (Å²) in [6.45, 7) is 2.99. The van der Waals surface area contributed by atoms with Gasteiger partial charge in [0.05, 0.1) is 0 Å². The summed E-state index contributed by atoms with van der Waals surface area (Å²) in [5, 5.41) is 2.95.